The third-order valence-corrected chi connectivity index (χ3v) is 5.99. The normalized spacial score (nSPS) is 14.5. The number of carbonyl (C=O) groups is 1. The number of allylic oxidation sites excluding steroid dienone is 2. The van der Waals surface area contributed by atoms with Crippen LogP contribution in [-0.4, -0.2) is 35.4 Å². The molecule has 0 radical (unpaired) electrons. The molecule has 6 nitrogen and oxygen atoms in total. The van der Waals surface area contributed by atoms with Crippen molar-refractivity contribution in [2.24, 2.45) is 0 Å². The number of benzene rings is 2. The van der Waals surface area contributed by atoms with Gasteiger partial charge in [-0.3, -0.25) is 9.89 Å². The highest BCUT2D eigenvalue weighted by atomic mass is 16.5. The predicted molar refractivity (Wildman–Crippen MR) is 142 cm³/mol. The molecule has 0 fully saturated rings. The molecule has 6 heteroatoms. The van der Waals surface area contributed by atoms with Crippen molar-refractivity contribution in [3.63, 3.8) is 0 Å². The van der Waals surface area contributed by atoms with Gasteiger partial charge < -0.3 is 14.4 Å². The predicted octanol–water partition coefficient (Wildman–Crippen LogP) is 6.42. The summed E-state index contributed by atoms with van der Waals surface area (Å²) in [6.07, 6.45) is 8.78. The lowest BCUT2D eigenvalue weighted by Gasteiger charge is -2.23. The van der Waals surface area contributed by atoms with Crippen molar-refractivity contribution in [2.75, 3.05) is 18.1 Å². The summed E-state index contributed by atoms with van der Waals surface area (Å²) >= 11 is 0. The van der Waals surface area contributed by atoms with E-state index < -0.39 is 0 Å². The van der Waals surface area contributed by atoms with Crippen LogP contribution in [0.1, 0.15) is 37.3 Å². The second-order valence-electron chi connectivity index (χ2n) is 8.52. The summed E-state index contributed by atoms with van der Waals surface area (Å²) in [5, 5.41) is 6.91. The minimum Gasteiger partial charge on any atom is -0.493 e. The number of fused-ring (bicyclic) bond motifs is 1. The molecule has 35 heavy (non-hydrogen) atoms. The lowest BCUT2D eigenvalue weighted by Crippen LogP contribution is -2.32. The lowest BCUT2D eigenvalue weighted by molar-refractivity contribution is -0.118. The Morgan fingerprint density at radius 1 is 1.23 bits per heavy atom. The number of aromatic amines is 1. The lowest BCUT2D eigenvalue weighted by atomic mass is 10.1. The number of para-hydroxylation sites is 1. The number of ether oxygens (including phenoxy) is 2. The Balaban J connectivity index is 0.000000795. The van der Waals surface area contributed by atoms with Crippen LogP contribution >= 0.6 is 0 Å². The van der Waals surface area contributed by atoms with Crippen molar-refractivity contribution in [1.82, 2.24) is 10.2 Å². The van der Waals surface area contributed by atoms with Gasteiger partial charge in [-0.2, -0.15) is 5.10 Å². The van der Waals surface area contributed by atoms with Crippen LogP contribution < -0.4 is 14.4 Å². The van der Waals surface area contributed by atoms with Crippen molar-refractivity contribution < 1.29 is 14.3 Å². The molecule has 0 saturated heterocycles. The summed E-state index contributed by atoms with van der Waals surface area (Å²) in [4.78, 5) is 15.0. The summed E-state index contributed by atoms with van der Waals surface area (Å²) in [6.45, 7) is 14.0. The zero-order valence-corrected chi connectivity index (χ0v) is 20.9. The van der Waals surface area contributed by atoms with Crippen LogP contribution in [-0.2, 0) is 4.79 Å². The van der Waals surface area contributed by atoms with Crippen LogP contribution in [0.15, 0.2) is 74.1 Å². The molecule has 2 heterocycles. The summed E-state index contributed by atoms with van der Waals surface area (Å²) in [5.74, 6) is 1.72. The van der Waals surface area contributed by atoms with Gasteiger partial charge in [0.25, 0.3) is 0 Å². The molecule has 1 N–H and O–H groups in total. The number of H-pyrrole nitrogens is 1. The Hall–Kier alpha value is -3.80. The summed E-state index contributed by atoms with van der Waals surface area (Å²) < 4.78 is 12.2. The second kappa shape index (κ2) is 12.6. The largest absolute Gasteiger partial charge is 0.493 e. The summed E-state index contributed by atoms with van der Waals surface area (Å²) in [7, 11) is 0. The zero-order chi connectivity index (χ0) is 25.2. The third kappa shape index (κ3) is 6.63. The van der Waals surface area contributed by atoms with E-state index >= 15 is 0 Å². The average molecular weight is 474 g/mol. The molecular weight excluding hydrogens is 438 g/mol. The molecule has 0 aliphatic carbocycles. The maximum Gasteiger partial charge on any atom is 0.227 e. The van der Waals surface area contributed by atoms with Crippen molar-refractivity contribution >= 4 is 11.6 Å². The molecule has 1 unspecified atom stereocenters. The molecule has 4 rings (SSSR count). The van der Waals surface area contributed by atoms with E-state index in [4.69, 9.17) is 9.47 Å². The molecule has 1 aliphatic heterocycles. The number of carbonyl (C=O) groups excluding carboxylic acids is 1. The Labute approximate surface area is 208 Å². The number of rotatable bonds is 7. The summed E-state index contributed by atoms with van der Waals surface area (Å²) in [5.41, 5.74) is 5.06. The fraction of sp³-hybridized carbons (Fsp3) is 0.310. The zero-order valence-electron chi connectivity index (χ0n) is 20.9. The van der Waals surface area contributed by atoms with Gasteiger partial charge in [0, 0.05) is 36.7 Å². The van der Waals surface area contributed by atoms with E-state index in [0.29, 0.717) is 26.0 Å². The number of nitrogens with one attached hydrogen (secondary N) is 1. The first-order valence-corrected chi connectivity index (χ1v) is 12.0. The Morgan fingerprint density at radius 2 is 2.00 bits per heavy atom. The van der Waals surface area contributed by atoms with Gasteiger partial charge in [0.1, 0.15) is 5.75 Å². The Kier molecular flexibility index (Phi) is 9.30. The quantitative estimate of drug-likeness (QED) is 0.318. The van der Waals surface area contributed by atoms with Crippen LogP contribution in [0.2, 0.25) is 0 Å². The number of nitrogens with zero attached hydrogens (tertiary/aromatic N) is 2. The van der Waals surface area contributed by atoms with E-state index in [2.05, 4.69) is 43.3 Å². The number of aromatic nitrogens is 2. The number of hydrogen-bond donors (Lipinski definition) is 1. The molecule has 2 aromatic carbocycles. The first-order chi connectivity index (χ1) is 17.0. The van der Waals surface area contributed by atoms with Crippen molar-refractivity contribution in [3.8, 4) is 22.6 Å². The highest BCUT2D eigenvalue weighted by Crippen LogP contribution is 2.41. The monoisotopic (exact) mass is 473 g/mol. The molecule has 1 aromatic heterocycles. The molecule has 1 aliphatic rings. The molecule has 0 spiro atoms. The fourth-order valence-corrected chi connectivity index (χ4v) is 3.86. The third-order valence-electron chi connectivity index (χ3n) is 5.99. The number of hydrogen-bond acceptors (Lipinski definition) is 4. The smallest absolute Gasteiger partial charge is 0.227 e. The number of aryl methyl sites for hydroxylation is 1. The van der Waals surface area contributed by atoms with Gasteiger partial charge in [0.2, 0.25) is 5.91 Å². The van der Waals surface area contributed by atoms with E-state index in [1.54, 1.807) is 18.3 Å². The van der Waals surface area contributed by atoms with Gasteiger partial charge in [0.05, 0.1) is 24.6 Å². The van der Waals surface area contributed by atoms with E-state index in [1.807, 2.05) is 48.4 Å². The molecule has 0 bridgehead atoms. The Bertz CT molecular complexity index is 1130. The molecule has 3 aromatic rings. The number of amides is 1. The maximum absolute atomic E-state index is 13.1. The Morgan fingerprint density at radius 3 is 2.71 bits per heavy atom. The van der Waals surface area contributed by atoms with Crippen LogP contribution in [0.25, 0.3) is 11.1 Å². The first kappa shape index (κ1) is 25.8. The molecular formula is C29H35N3O3. The van der Waals surface area contributed by atoms with Gasteiger partial charge in [-0.15, -0.1) is 0 Å². The minimum atomic E-state index is 0.0252. The molecule has 1 amide bonds. The highest BCUT2D eigenvalue weighted by Gasteiger charge is 2.27. The van der Waals surface area contributed by atoms with Crippen molar-refractivity contribution in [3.05, 3.63) is 85.2 Å². The van der Waals surface area contributed by atoms with Gasteiger partial charge in [-0.05, 0) is 50.5 Å². The van der Waals surface area contributed by atoms with Gasteiger partial charge >= 0.3 is 0 Å². The topological polar surface area (TPSA) is 67.4 Å². The second-order valence-corrected chi connectivity index (χ2v) is 8.52. The van der Waals surface area contributed by atoms with E-state index in [-0.39, 0.29) is 12.0 Å². The minimum absolute atomic E-state index is 0.0252. The van der Waals surface area contributed by atoms with Gasteiger partial charge in [-0.1, -0.05) is 49.6 Å². The van der Waals surface area contributed by atoms with Crippen LogP contribution in [0.4, 0.5) is 5.69 Å². The fourth-order valence-electron chi connectivity index (χ4n) is 3.86. The average Bonchev–Trinajstić information content (AvgIpc) is 3.34. The van der Waals surface area contributed by atoms with E-state index in [1.165, 1.54) is 5.56 Å². The van der Waals surface area contributed by atoms with Gasteiger partial charge in [0.15, 0.2) is 5.75 Å². The molecule has 184 valence electrons. The van der Waals surface area contributed by atoms with Gasteiger partial charge in [-0.25, -0.2) is 0 Å². The molecule has 1 atom stereocenters. The number of anilines is 1. The van der Waals surface area contributed by atoms with Crippen LogP contribution in [0.3, 0.4) is 0 Å². The van der Waals surface area contributed by atoms with Crippen LogP contribution in [0, 0.1) is 13.8 Å². The SMILES string of the molecule is C=CC=C.Cc1cccc(OCCCC(=O)N2CCC(C)Oc3c(-c4cn[nH]c4)cccc32)c1C. The standard InChI is InChI=1S/C25H29N3O3.C4H6/c1-17-7-4-10-23(19(17)3)30-14-6-11-24(29)28-13-12-18(2)31-25-21(8-5-9-22(25)28)20-15-26-27-16-20;1-3-4-2/h4-5,7-10,15-16,18H,6,11-14H2,1-3H3,(H,26,27);3-4H,1-2H2. The summed E-state index contributed by atoms with van der Waals surface area (Å²) in [6, 6.07) is 12.0. The van der Waals surface area contributed by atoms with Crippen molar-refractivity contribution in [2.45, 2.75) is 46.1 Å². The first-order valence-electron chi connectivity index (χ1n) is 12.0. The van der Waals surface area contributed by atoms with E-state index in [9.17, 15) is 4.79 Å². The molecule has 0 saturated carbocycles. The van der Waals surface area contributed by atoms with E-state index in [0.717, 1.165) is 40.3 Å². The highest BCUT2D eigenvalue weighted by molar-refractivity contribution is 5.96. The van der Waals surface area contributed by atoms with Crippen molar-refractivity contribution in [1.29, 1.82) is 0 Å². The van der Waals surface area contributed by atoms with Crippen LogP contribution in [0.5, 0.6) is 11.5 Å². The maximum atomic E-state index is 13.1.